The molecule has 146 valence electrons. The summed E-state index contributed by atoms with van der Waals surface area (Å²) in [7, 11) is 1.55. The molecular formula is C20H25ClN2O4. The number of nitrogens with zero attached hydrogens (tertiary/aromatic N) is 2. The number of halogens is 1. The Morgan fingerprint density at radius 2 is 1.85 bits per heavy atom. The van der Waals surface area contributed by atoms with E-state index in [9.17, 15) is 9.59 Å². The molecule has 0 aliphatic carbocycles. The van der Waals surface area contributed by atoms with Crippen LogP contribution in [-0.4, -0.2) is 53.8 Å². The molecule has 1 aromatic heterocycles. The van der Waals surface area contributed by atoms with Crippen LogP contribution in [0.5, 0.6) is 0 Å². The Bertz CT molecular complexity index is 704. The van der Waals surface area contributed by atoms with Gasteiger partial charge in [0, 0.05) is 20.2 Å². The van der Waals surface area contributed by atoms with E-state index in [0.717, 1.165) is 5.56 Å². The van der Waals surface area contributed by atoms with E-state index in [1.165, 1.54) is 4.90 Å². The summed E-state index contributed by atoms with van der Waals surface area (Å²) in [5.74, 6) is 0.205. The van der Waals surface area contributed by atoms with Gasteiger partial charge in [0.05, 0.1) is 26.0 Å². The molecule has 2 rings (SSSR count). The van der Waals surface area contributed by atoms with Gasteiger partial charge in [-0.15, -0.1) is 11.6 Å². The molecule has 27 heavy (non-hydrogen) atoms. The smallest absolute Gasteiger partial charge is 0.242 e. The minimum Gasteiger partial charge on any atom is -0.467 e. The average Bonchev–Trinajstić information content (AvgIpc) is 3.17. The van der Waals surface area contributed by atoms with Gasteiger partial charge in [-0.1, -0.05) is 30.3 Å². The lowest BCUT2D eigenvalue weighted by atomic mass is 10.2. The van der Waals surface area contributed by atoms with E-state index in [1.54, 1.807) is 31.3 Å². The lowest BCUT2D eigenvalue weighted by Gasteiger charge is -2.28. The normalized spacial score (nSPS) is 11.8. The third kappa shape index (κ3) is 6.73. The number of carbonyl (C=O) groups is 2. The van der Waals surface area contributed by atoms with E-state index in [1.807, 2.05) is 36.4 Å². The van der Waals surface area contributed by atoms with Crippen LogP contribution in [0.3, 0.4) is 0 Å². The number of hydrogen-bond donors (Lipinski definition) is 0. The van der Waals surface area contributed by atoms with Crippen LogP contribution in [0.2, 0.25) is 0 Å². The molecule has 1 aromatic carbocycles. The fraction of sp³-hybridized carbons (Fsp3) is 0.400. The van der Waals surface area contributed by atoms with Crippen molar-refractivity contribution < 1.29 is 18.7 Å². The minimum atomic E-state index is -0.706. The highest BCUT2D eigenvalue weighted by molar-refractivity contribution is 6.30. The topological polar surface area (TPSA) is 63.0 Å². The lowest BCUT2D eigenvalue weighted by Crippen LogP contribution is -2.45. The van der Waals surface area contributed by atoms with Crippen LogP contribution in [0.25, 0.3) is 0 Å². The van der Waals surface area contributed by atoms with E-state index in [0.29, 0.717) is 32.0 Å². The Balaban J connectivity index is 2.13. The second kappa shape index (κ2) is 10.7. The fourth-order valence-corrected chi connectivity index (χ4v) is 2.75. The number of rotatable bonds is 10. The Morgan fingerprint density at radius 1 is 1.11 bits per heavy atom. The number of alkyl halides is 1. The molecule has 0 radical (unpaired) electrons. The van der Waals surface area contributed by atoms with Gasteiger partial charge < -0.3 is 19.0 Å². The third-order valence-corrected chi connectivity index (χ3v) is 4.23. The first kappa shape index (κ1) is 21.0. The summed E-state index contributed by atoms with van der Waals surface area (Å²) in [6, 6.07) is 13.3. The van der Waals surface area contributed by atoms with Gasteiger partial charge in [-0.3, -0.25) is 9.59 Å². The second-order valence-electron chi connectivity index (χ2n) is 6.18. The predicted octanol–water partition coefficient (Wildman–Crippen LogP) is 2.91. The molecule has 2 amide bonds. The van der Waals surface area contributed by atoms with Crippen LogP contribution in [0, 0.1) is 0 Å². The number of benzene rings is 1. The maximum absolute atomic E-state index is 13.0. The predicted molar refractivity (Wildman–Crippen MR) is 103 cm³/mol. The molecule has 0 saturated carbocycles. The Morgan fingerprint density at radius 3 is 2.44 bits per heavy atom. The van der Waals surface area contributed by atoms with Gasteiger partial charge in [0.1, 0.15) is 11.1 Å². The molecule has 0 aliphatic heterocycles. The molecular weight excluding hydrogens is 368 g/mol. The van der Waals surface area contributed by atoms with Crippen molar-refractivity contribution in [2.75, 3.05) is 26.8 Å². The van der Waals surface area contributed by atoms with Crippen molar-refractivity contribution in [2.24, 2.45) is 0 Å². The number of amides is 2. The van der Waals surface area contributed by atoms with Gasteiger partial charge in [0.2, 0.25) is 11.8 Å². The molecule has 0 saturated heterocycles. The zero-order valence-electron chi connectivity index (χ0n) is 15.6. The van der Waals surface area contributed by atoms with Crippen molar-refractivity contribution in [3.63, 3.8) is 0 Å². The molecule has 7 heteroatoms. The molecule has 0 N–H and O–H groups in total. The van der Waals surface area contributed by atoms with Crippen molar-refractivity contribution in [3.05, 3.63) is 60.1 Å². The summed E-state index contributed by atoms with van der Waals surface area (Å²) >= 11 is 5.94. The first-order valence-electron chi connectivity index (χ1n) is 8.77. The Kier molecular flexibility index (Phi) is 8.36. The maximum atomic E-state index is 13.0. The molecule has 1 heterocycles. The fourth-order valence-electron chi connectivity index (χ4n) is 2.61. The van der Waals surface area contributed by atoms with Crippen LogP contribution in [0.4, 0.5) is 0 Å². The van der Waals surface area contributed by atoms with E-state index in [4.69, 9.17) is 20.8 Å². The van der Waals surface area contributed by atoms with Crippen LogP contribution < -0.4 is 0 Å². The molecule has 0 spiro atoms. The SMILES string of the molecule is COCCN(CC(=O)N(Cc1ccccc1)Cc1ccco1)C(=O)C(C)Cl. The lowest BCUT2D eigenvalue weighted by molar-refractivity contribution is -0.141. The van der Waals surface area contributed by atoms with Gasteiger partial charge >= 0.3 is 0 Å². The standard InChI is InChI=1S/C20H25ClN2O4/c1-16(21)20(25)22(10-12-26-2)15-19(24)23(14-18-9-6-11-27-18)13-17-7-4-3-5-8-17/h3-9,11,16H,10,12-15H2,1-2H3. The first-order chi connectivity index (χ1) is 13.0. The summed E-state index contributed by atoms with van der Waals surface area (Å²) in [5.41, 5.74) is 0.998. The number of methoxy groups -OCH3 is 1. The number of carbonyl (C=O) groups excluding carboxylic acids is 2. The van der Waals surface area contributed by atoms with Crippen LogP contribution in [0.15, 0.2) is 53.1 Å². The molecule has 1 atom stereocenters. The summed E-state index contributed by atoms with van der Waals surface area (Å²) in [4.78, 5) is 28.4. The molecule has 2 aromatic rings. The van der Waals surface area contributed by atoms with E-state index in [2.05, 4.69) is 0 Å². The summed E-state index contributed by atoms with van der Waals surface area (Å²) in [6.07, 6.45) is 1.57. The number of furan rings is 1. The first-order valence-corrected chi connectivity index (χ1v) is 9.20. The molecule has 6 nitrogen and oxygen atoms in total. The third-order valence-electron chi connectivity index (χ3n) is 4.04. The van der Waals surface area contributed by atoms with Gasteiger partial charge in [-0.2, -0.15) is 0 Å². The monoisotopic (exact) mass is 392 g/mol. The van der Waals surface area contributed by atoms with Crippen molar-refractivity contribution in [3.8, 4) is 0 Å². The number of ether oxygens (including phenoxy) is 1. The van der Waals surface area contributed by atoms with Gasteiger partial charge in [-0.05, 0) is 24.6 Å². The quantitative estimate of drug-likeness (QED) is 0.583. The van der Waals surface area contributed by atoms with Gasteiger partial charge in [0.25, 0.3) is 0 Å². The molecule has 0 aliphatic rings. The van der Waals surface area contributed by atoms with Crippen molar-refractivity contribution in [1.82, 2.24) is 9.80 Å². The Labute approximate surface area is 164 Å². The van der Waals surface area contributed by atoms with Crippen LogP contribution in [0.1, 0.15) is 18.2 Å². The second-order valence-corrected chi connectivity index (χ2v) is 6.84. The summed E-state index contributed by atoms with van der Waals surface area (Å²) in [5, 5.41) is -0.706. The highest BCUT2D eigenvalue weighted by Gasteiger charge is 2.24. The van der Waals surface area contributed by atoms with Crippen molar-refractivity contribution >= 4 is 23.4 Å². The van der Waals surface area contributed by atoms with E-state index in [-0.39, 0.29) is 18.4 Å². The summed E-state index contributed by atoms with van der Waals surface area (Å²) in [6.45, 7) is 2.91. The van der Waals surface area contributed by atoms with Gasteiger partial charge in [0.15, 0.2) is 0 Å². The zero-order chi connectivity index (χ0) is 19.6. The Hall–Kier alpha value is -2.31. The average molecular weight is 393 g/mol. The van der Waals surface area contributed by atoms with Crippen molar-refractivity contribution in [2.45, 2.75) is 25.4 Å². The van der Waals surface area contributed by atoms with Crippen LogP contribution in [-0.2, 0) is 27.4 Å². The zero-order valence-corrected chi connectivity index (χ0v) is 16.4. The summed E-state index contributed by atoms with van der Waals surface area (Å²) < 4.78 is 10.4. The number of hydrogen-bond acceptors (Lipinski definition) is 4. The highest BCUT2D eigenvalue weighted by Crippen LogP contribution is 2.12. The molecule has 1 unspecified atom stereocenters. The molecule has 0 fully saturated rings. The van der Waals surface area contributed by atoms with Crippen molar-refractivity contribution in [1.29, 1.82) is 0 Å². The molecule has 0 bridgehead atoms. The van der Waals surface area contributed by atoms with Gasteiger partial charge in [-0.25, -0.2) is 0 Å². The van der Waals surface area contributed by atoms with Crippen LogP contribution >= 0.6 is 11.6 Å². The maximum Gasteiger partial charge on any atom is 0.242 e. The van der Waals surface area contributed by atoms with E-state index < -0.39 is 5.38 Å². The van der Waals surface area contributed by atoms with E-state index >= 15 is 0 Å². The minimum absolute atomic E-state index is 0.0627. The highest BCUT2D eigenvalue weighted by atomic mass is 35.5. The largest absolute Gasteiger partial charge is 0.467 e.